The minimum Gasteiger partial charge on any atom is -0.490 e. The number of thiazole rings is 1. The van der Waals surface area contributed by atoms with Crippen molar-refractivity contribution in [3.05, 3.63) is 46.5 Å². The van der Waals surface area contributed by atoms with Crippen molar-refractivity contribution in [2.75, 3.05) is 11.5 Å². The number of hydrogen-bond acceptors (Lipinski definition) is 9. The highest BCUT2D eigenvalue weighted by Crippen LogP contribution is 2.37. The molecule has 0 saturated heterocycles. The number of hydrogen-bond donors (Lipinski definition) is 2. The van der Waals surface area contributed by atoms with E-state index in [0.29, 0.717) is 27.0 Å². The fraction of sp³-hybridized carbons (Fsp3) is 0.304. The van der Waals surface area contributed by atoms with Gasteiger partial charge in [0.15, 0.2) is 5.13 Å². The number of nitriles is 2. The van der Waals surface area contributed by atoms with Gasteiger partial charge in [-0.3, -0.25) is 0 Å². The molecule has 162 valence electrons. The lowest BCUT2D eigenvalue weighted by atomic mass is 9.96. The SMILES string of the molecule is N#Cc1c(N)nc(SCc2csc(N)n2)c(C#N)c1-c1ccc(OC2CCCCC2)cc1. The molecule has 0 amide bonds. The standard InChI is InChI=1S/C23H22N6OS2/c24-10-18-20(14-6-8-17(9-7-14)30-16-4-2-1-3-5-16)19(11-25)22(29-21(18)26)31-12-15-13-32-23(27)28-15/h6-9,13,16H,1-5,12H2,(H2,26,29)(H2,27,28). The zero-order valence-electron chi connectivity index (χ0n) is 17.4. The van der Waals surface area contributed by atoms with E-state index >= 15 is 0 Å². The predicted octanol–water partition coefficient (Wildman–Crippen LogP) is 5.12. The molecule has 0 radical (unpaired) electrons. The molecule has 0 unspecified atom stereocenters. The Labute approximate surface area is 195 Å². The van der Waals surface area contributed by atoms with Crippen molar-refractivity contribution in [3.63, 3.8) is 0 Å². The summed E-state index contributed by atoms with van der Waals surface area (Å²) in [6.45, 7) is 0. The van der Waals surface area contributed by atoms with Gasteiger partial charge < -0.3 is 16.2 Å². The van der Waals surface area contributed by atoms with Crippen molar-refractivity contribution in [1.29, 1.82) is 10.5 Å². The van der Waals surface area contributed by atoms with E-state index in [2.05, 4.69) is 22.1 Å². The van der Waals surface area contributed by atoms with E-state index in [9.17, 15) is 10.5 Å². The number of ether oxygens (including phenoxy) is 1. The molecular formula is C23H22N6OS2. The van der Waals surface area contributed by atoms with Crippen LogP contribution in [-0.2, 0) is 5.75 Å². The van der Waals surface area contributed by atoms with Crippen LogP contribution in [0.4, 0.5) is 10.9 Å². The molecular weight excluding hydrogens is 440 g/mol. The first-order valence-corrected chi connectivity index (χ1v) is 12.2. The van der Waals surface area contributed by atoms with Crippen molar-refractivity contribution in [2.45, 2.75) is 49.0 Å². The van der Waals surface area contributed by atoms with Gasteiger partial charge in [0.1, 0.15) is 34.3 Å². The molecule has 0 aliphatic heterocycles. The molecule has 9 heteroatoms. The van der Waals surface area contributed by atoms with Crippen molar-refractivity contribution in [3.8, 4) is 29.0 Å². The molecule has 7 nitrogen and oxygen atoms in total. The topological polar surface area (TPSA) is 135 Å². The van der Waals surface area contributed by atoms with Crippen molar-refractivity contribution in [1.82, 2.24) is 9.97 Å². The zero-order valence-corrected chi connectivity index (χ0v) is 19.0. The smallest absolute Gasteiger partial charge is 0.180 e. The Morgan fingerprint density at radius 3 is 2.38 bits per heavy atom. The van der Waals surface area contributed by atoms with Gasteiger partial charge in [-0.25, -0.2) is 9.97 Å². The summed E-state index contributed by atoms with van der Waals surface area (Å²) in [4.78, 5) is 8.58. The minimum atomic E-state index is 0.101. The minimum absolute atomic E-state index is 0.101. The number of benzene rings is 1. The largest absolute Gasteiger partial charge is 0.490 e. The van der Waals surface area contributed by atoms with E-state index in [0.717, 1.165) is 29.8 Å². The maximum Gasteiger partial charge on any atom is 0.180 e. The molecule has 1 saturated carbocycles. The van der Waals surface area contributed by atoms with Crippen LogP contribution in [0.25, 0.3) is 11.1 Å². The van der Waals surface area contributed by atoms with Gasteiger partial charge in [-0.1, -0.05) is 30.3 Å². The van der Waals surface area contributed by atoms with Gasteiger partial charge in [-0.05, 0) is 43.4 Å². The van der Waals surface area contributed by atoms with E-state index in [-0.39, 0.29) is 17.5 Å². The Hall–Kier alpha value is -3.27. The van der Waals surface area contributed by atoms with Gasteiger partial charge in [0.25, 0.3) is 0 Å². The number of thioether (sulfide) groups is 1. The number of nitrogens with zero attached hydrogens (tertiary/aromatic N) is 4. The summed E-state index contributed by atoms with van der Waals surface area (Å²) in [5.41, 5.74) is 14.3. The molecule has 1 aliphatic rings. The molecule has 0 atom stereocenters. The van der Waals surface area contributed by atoms with Crippen LogP contribution >= 0.6 is 23.1 Å². The van der Waals surface area contributed by atoms with Gasteiger partial charge in [0.05, 0.1) is 17.4 Å². The average Bonchev–Trinajstić information content (AvgIpc) is 3.23. The Balaban J connectivity index is 1.65. The summed E-state index contributed by atoms with van der Waals surface area (Å²) in [6.07, 6.45) is 6.06. The average molecular weight is 463 g/mol. The third-order valence-electron chi connectivity index (χ3n) is 5.34. The van der Waals surface area contributed by atoms with Crippen molar-refractivity contribution < 1.29 is 4.74 Å². The number of nitrogen functional groups attached to an aromatic ring is 2. The Morgan fingerprint density at radius 2 is 1.75 bits per heavy atom. The van der Waals surface area contributed by atoms with E-state index in [1.165, 1.54) is 42.4 Å². The Bertz CT molecular complexity index is 1190. The number of anilines is 2. The first-order valence-electron chi connectivity index (χ1n) is 10.3. The fourth-order valence-electron chi connectivity index (χ4n) is 3.80. The monoisotopic (exact) mass is 462 g/mol. The summed E-state index contributed by atoms with van der Waals surface area (Å²) in [5.74, 6) is 1.38. The molecule has 0 bridgehead atoms. The second-order valence-electron chi connectivity index (χ2n) is 7.52. The Morgan fingerprint density at radius 1 is 1.03 bits per heavy atom. The lowest BCUT2D eigenvalue weighted by Crippen LogP contribution is -2.19. The van der Waals surface area contributed by atoms with Crippen LogP contribution in [0, 0.1) is 22.7 Å². The van der Waals surface area contributed by atoms with Crippen molar-refractivity contribution >= 4 is 34.0 Å². The van der Waals surface area contributed by atoms with Gasteiger partial charge in [-0.2, -0.15) is 10.5 Å². The highest BCUT2D eigenvalue weighted by Gasteiger charge is 2.21. The van der Waals surface area contributed by atoms with Crippen LogP contribution in [0.15, 0.2) is 34.7 Å². The summed E-state index contributed by atoms with van der Waals surface area (Å²) >= 11 is 2.71. The first-order chi connectivity index (χ1) is 15.6. The fourth-order valence-corrected chi connectivity index (χ4v) is 5.35. The molecule has 4 rings (SSSR count). The highest BCUT2D eigenvalue weighted by molar-refractivity contribution is 7.98. The van der Waals surface area contributed by atoms with E-state index in [4.69, 9.17) is 16.2 Å². The lowest BCUT2D eigenvalue weighted by molar-refractivity contribution is 0.155. The summed E-state index contributed by atoms with van der Waals surface area (Å²) in [6, 6.07) is 11.8. The molecule has 3 aromatic rings. The van der Waals surface area contributed by atoms with Gasteiger partial charge in [0.2, 0.25) is 0 Å². The molecule has 2 aromatic heterocycles. The second kappa shape index (κ2) is 9.90. The van der Waals surface area contributed by atoms with Crippen LogP contribution in [0.3, 0.4) is 0 Å². The van der Waals surface area contributed by atoms with E-state index in [1.807, 2.05) is 29.6 Å². The lowest BCUT2D eigenvalue weighted by Gasteiger charge is -2.23. The number of nitrogens with two attached hydrogens (primary N) is 2. The van der Waals surface area contributed by atoms with Crippen LogP contribution in [0.5, 0.6) is 5.75 Å². The second-order valence-corrected chi connectivity index (χ2v) is 9.37. The molecule has 1 aromatic carbocycles. The third-order valence-corrected chi connectivity index (χ3v) is 7.07. The summed E-state index contributed by atoms with van der Waals surface area (Å²) in [5, 5.41) is 22.5. The van der Waals surface area contributed by atoms with Gasteiger partial charge >= 0.3 is 0 Å². The molecule has 32 heavy (non-hydrogen) atoms. The maximum absolute atomic E-state index is 9.93. The quantitative estimate of drug-likeness (QED) is 0.482. The normalized spacial score (nSPS) is 13.9. The third kappa shape index (κ3) is 4.80. The summed E-state index contributed by atoms with van der Waals surface area (Å²) in [7, 11) is 0. The number of rotatable bonds is 6. The van der Waals surface area contributed by atoms with Gasteiger partial charge in [0, 0.05) is 16.7 Å². The molecule has 2 heterocycles. The molecule has 0 spiro atoms. The Kier molecular flexibility index (Phi) is 6.79. The van der Waals surface area contributed by atoms with Gasteiger partial charge in [-0.15, -0.1) is 11.3 Å². The molecule has 1 aliphatic carbocycles. The molecule has 4 N–H and O–H groups in total. The highest BCUT2D eigenvalue weighted by atomic mass is 32.2. The van der Waals surface area contributed by atoms with E-state index < -0.39 is 0 Å². The van der Waals surface area contributed by atoms with E-state index in [1.54, 1.807) is 0 Å². The maximum atomic E-state index is 9.93. The first kappa shape index (κ1) is 21.9. The molecule has 1 fully saturated rings. The van der Waals surface area contributed by atoms with Crippen LogP contribution in [-0.4, -0.2) is 16.1 Å². The number of aromatic nitrogens is 2. The summed E-state index contributed by atoms with van der Waals surface area (Å²) < 4.78 is 6.11. The van der Waals surface area contributed by atoms with Crippen LogP contribution < -0.4 is 16.2 Å². The van der Waals surface area contributed by atoms with Crippen LogP contribution in [0.1, 0.15) is 48.9 Å². The predicted molar refractivity (Wildman–Crippen MR) is 127 cm³/mol. The van der Waals surface area contributed by atoms with Crippen molar-refractivity contribution in [2.24, 2.45) is 0 Å². The number of pyridine rings is 1. The van der Waals surface area contributed by atoms with Crippen LogP contribution in [0.2, 0.25) is 0 Å². The zero-order chi connectivity index (χ0) is 22.5.